The number of nitrogens with one attached hydrogen (secondary N) is 1. The Kier molecular flexibility index (Phi) is 5.74. The molecule has 0 saturated heterocycles. The minimum absolute atomic E-state index is 0.00328. The van der Waals surface area contributed by atoms with Crippen LogP contribution in [-0.2, 0) is 4.79 Å². The van der Waals surface area contributed by atoms with E-state index in [0.29, 0.717) is 30.5 Å². The maximum Gasteiger partial charge on any atom is 0.240 e. The number of amides is 1. The van der Waals surface area contributed by atoms with E-state index in [0.717, 1.165) is 0 Å². The van der Waals surface area contributed by atoms with Crippen LogP contribution < -0.4 is 10.2 Å². The minimum Gasteiger partial charge on any atom is -0.489 e. The number of hydrazone groups is 1. The van der Waals surface area contributed by atoms with Crippen LogP contribution in [0.15, 0.2) is 17.2 Å². The van der Waals surface area contributed by atoms with Gasteiger partial charge in [-0.25, -0.2) is 9.82 Å². The maximum absolute atomic E-state index is 14.2. The topological polar surface area (TPSA) is 70.9 Å². The van der Waals surface area contributed by atoms with Gasteiger partial charge in [0, 0.05) is 24.5 Å². The second-order valence-corrected chi connectivity index (χ2v) is 5.59. The van der Waals surface area contributed by atoms with Gasteiger partial charge in [-0.05, 0) is 25.0 Å². The molecule has 22 heavy (non-hydrogen) atoms. The fraction of sp³-hybridized carbons (Fsp3) is 0.467. The zero-order chi connectivity index (χ0) is 16.1. The monoisotopic (exact) mass is 328 g/mol. The molecule has 0 saturated carbocycles. The van der Waals surface area contributed by atoms with Gasteiger partial charge in [0.1, 0.15) is 0 Å². The predicted molar refractivity (Wildman–Crippen MR) is 81.7 cm³/mol. The molecule has 120 valence electrons. The molecule has 1 aliphatic rings. The number of hydrogen-bond acceptors (Lipinski definition) is 4. The second kappa shape index (κ2) is 7.56. The molecular formula is C15H18ClFN2O3. The third-order valence-electron chi connectivity index (χ3n) is 3.35. The predicted octanol–water partition coefficient (Wildman–Crippen LogP) is 2.49. The van der Waals surface area contributed by atoms with E-state index in [-0.39, 0.29) is 35.8 Å². The molecule has 0 aromatic heterocycles. The molecule has 7 heteroatoms. The molecule has 1 heterocycles. The largest absolute Gasteiger partial charge is 0.489 e. The fourth-order valence-electron chi connectivity index (χ4n) is 2.24. The van der Waals surface area contributed by atoms with E-state index in [4.69, 9.17) is 21.4 Å². The standard InChI is InChI=1S/C15H18ClFN2O3/c1-9-6-13(21)18-19-14(9)10-7-11(16)15(12(17)8-10)22-5-3-2-4-20/h7-9,20H,2-6H2,1H3,(H,18,21). The van der Waals surface area contributed by atoms with Crippen molar-refractivity contribution < 1.29 is 19.0 Å². The normalized spacial score (nSPS) is 17.9. The summed E-state index contributed by atoms with van der Waals surface area (Å²) in [6.07, 6.45) is 1.51. The summed E-state index contributed by atoms with van der Waals surface area (Å²) in [5, 5.41) is 12.8. The van der Waals surface area contributed by atoms with Gasteiger partial charge >= 0.3 is 0 Å². The Morgan fingerprint density at radius 1 is 1.50 bits per heavy atom. The number of carbonyl (C=O) groups is 1. The van der Waals surface area contributed by atoms with Crippen LogP contribution in [0, 0.1) is 11.7 Å². The van der Waals surface area contributed by atoms with E-state index in [1.165, 1.54) is 6.07 Å². The van der Waals surface area contributed by atoms with E-state index < -0.39 is 5.82 Å². The van der Waals surface area contributed by atoms with Crippen LogP contribution in [0.25, 0.3) is 0 Å². The van der Waals surface area contributed by atoms with Crippen LogP contribution in [0.5, 0.6) is 5.75 Å². The molecule has 1 atom stereocenters. The summed E-state index contributed by atoms with van der Waals surface area (Å²) in [4.78, 5) is 11.3. The lowest BCUT2D eigenvalue weighted by atomic mass is 9.94. The Hall–Kier alpha value is -1.66. The Morgan fingerprint density at radius 2 is 2.27 bits per heavy atom. The number of carbonyl (C=O) groups excluding carboxylic acids is 1. The van der Waals surface area contributed by atoms with Crippen molar-refractivity contribution in [3.05, 3.63) is 28.5 Å². The number of rotatable bonds is 6. The molecule has 0 aliphatic carbocycles. The summed E-state index contributed by atoms with van der Waals surface area (Å²) in [5.74, 6) is -0.845. The summed E-state index contributed by atoms with van der Waals surface area (Å²) < 4.78 is 19.5. The van der Waals surface area contributed by atoms with E-state index in [2.05, 4.69) is 10.5 Å². The highest BCUT2D eigenvalue weighted by Crippen LogP contribution is 2.31. The minimum atomic E-state index is -0.571. The zero-order valence-electron chi connectivity index (χ0n) is 12.2. The summed E-state index contributed by atoms with van der Waals surface area (Å²) >= 11 is 6.09. The molecule has 2 rings (SSSR count). The Labute approximate surface area is 133 Å². The van der Waals surface area contributed by atoms with Crippen molar-refractivity contribution in [2.24, 2.45) is 11.0 Å². The first-order valence-corrected chi connectivity index (χ1v) is 7.50. The molecule has 2 N–H and O–H groups in total. The van der Waals surface area contributed by atoms with E-state index in [1.807, 2.05) is 6.92 Å². The summed E-state index contributed by atoms with van der Waals surface area (Å²) in [5.41, 5.74) is 3.51. The third kappa shape index (κ3) is 3.96. The van der Waals surface area contributed by atoms with Crippen LogP contribution in [0.4, 0.5) is 4.39 Å². The lowest BCUT2D eigenvalue weighted by Crippen LogP contribution is -2.32. The van der Waals surface area contributed by atoms with Crippen LogP contribution in [-0.4, -0.2) is 29.9 Å². The molecule has 0 radical (unpaired) electrons. The van der Waals surface area contributed by atoms with Gasteiger partial charge in [-0.15, -0.1) is 0 Å². The first kappa shape index (κ1) is 16.7. The van der Waals surface area contributed by atoms with E-state index >= 15 is 0 Å². The zero-order valence-corrected chi connectivity index (χ0v) is 13.0. The number of unbranched alkanes of at least 4 members (excludes halogenated alkanes) is 1. The maximum atomic E-state index is 14.2. The van der Waals surface area contributed by atoms with Crippen molar-refractivity contribution in [3.63, 3.8) is 0 Å². The van der Waals surface area contributed by atoms with Crippen molar-refractivity contribution in [2.45, 2.75) is 26.2 Å². The van der Waals surface area contributed by atoms with Crippen LogP contribution in [0.1, 0.15) is 31.7 Å². The SMILES string of the molecule is CC1CC(=O)NN=C1c1cc(F)c(OCCCCO)c(Cl)c1. The first-order chi connectivity index (χ1) is 10.5. The molecule has 1 amide bonds. The van der Waals surface area contributed by atoms with Crippen molar-refractivity contribution in [1.29, 1.82) is 0 Å². The highest BCUT2D eigenvalue weighted by molar-refractivity contribution is 6.32. The van der Waals surface area contributed by atoms with Crippen LogP contribution in [0.2, 0.25) is 5.02 Å². The average Bonchev–Trinajstić information content (AvgIpc) is 2.45. The summed E-state index contributed by atoms with van der Waals surface area (Å²) in [6, 6.07) is 2.89. The van der Waals surface area contributed by atoms with Gasteiger partial charge in [-0.3, -0.25) is 4.79 Å². The van der Waals surface area contributed by atoms with Crippen molar-refractivity contribution in [3.8, 4) is 5.75 Å². The van der Waals surface area contributed by atoms with Gasteiger partial charge in [0.2, 0.25) is 5.91 Å². The van der Waals surface area contributed by atoms with Gasteiger partial charge in [0.25, 0.3) is 0 Å². The number of aliphatic hydroxyl groups excluding tert-OH is 1. The number of benzene rings is 1. The molecule has 0 fully saturated rings. The Bertz CT molecular complexity index is 569. The fourth-order valence-corrected chi connectivity index (χ4v) is 2.50. The van der Waals surface area contributed by atoms with Crippen LogP contribution >= 0.6 is 11.6 Å². The number of halogens is 2. The van der Waals surface area contributed by atoms with Gasteiger partial charge in [0.15, 0.2) is 11.6 Å². The van der Waals surface area contributed by atoms with Crippen molar-refractivity contribution >= 4 is 23.2 Å². The van der Waals surface area contributed by atoms with Crippen molar-refractivity contribution in [1.82, 2.24) is 5.43 Å². The highest BCUT2D eigenvalue weighted by Gasteiger charge is 2.23. The molecule has 1 aromatic rings. The molecule has 0 bridgehead atoms. The van der Waals surface area contributed by atoms with E-state index in [1.54, 1.807) is 6.07 Å². The molecule has 1 unspecified atom stereocenters. The molecule has 1 aliphatic heterocycles. The van der Waals surface area contributed by atoms with Crippen LogP contribution in [0.3, 0.4) is 0 Å². The number of nitrogens with zero attached hydrogens (tertiary/aromatic N) is 1. The molecule has 5 nitrogen and oxygen atoms in total. The van der Waals surface area contributed by atoms with Gasteiger partial charge < -0.3 is 9.84 Å². The third-order valence-corrected chi connectivity index (χ3v) is 3.63. The average molecular weight is 329 g/mol. The molecule has 0 spiro atoms. The summed E-state index contributed by atoms with van der Waals surface area (Å²) in [6.45, 7) is 2.20. The smallest absolute Gasteiger partial charge is 0.240 e. The Morgan fingerprint density at radius 3 is 2.91 bits per heavy atom. The quantitative estimate of drug-likeness (QED) is 0.788. The molecule has 1 aromatic carbocycles. The van der Waals surface area contributed by atoms with E-state index in [9.17, 15) is 9.18 Å². The number of aliphatic hydroxyl groups is 1. The number of hydrogen-bond donors (Lipinski definition) is 2. The second-order valence-electron chi connectivity index (χ2n) is 5.19. The lowest BCUT2D eigenvalue weighted by Gasteiger charge is -2.20. The van der Waals surface area contributed by atoms with Gasteiger partial charge in [-0.1, -0.05) is 18.5 Å². The lowest BCUT2D eigenvalue weighted by molar-refractivity contribution is -0.121. The molecular weight excluding hydrogens is 311 g/mol. The van der Waals surface area contributed by atoms with Gasteiger partial charge in [0.05, 0.1) is 17.3 Å². The number of ether oxygens (including phenoxy) is 1. The van der Waals surface area contributed by atoms with Gasteiger partial charge in [-0.2, -0.15) is 5.10 Å². The summed E-state index contributed by atoms with van der Waals surface area (Å²) in [7, 11) is 0. The highest BCUT2D eigenvalue weighted by atomic mass is 35.5. The first-order valence-electron chi connectivity index (χ1n) is 7.12. The van der Waals surface area contributed by atoms with Crippen molar-refractivity contribution in [2.75, 3.05) is 13.2 Å². The Balaban J connectivity index is 2.17.